The lowest BCUT2D eigenvalue weighted by Crippen LogP contribution is -2.42. The van der Waals surface area contributed by atoms with Crippen LogP contribution in [0.2, 0.25) is 0 Å². The van der Waals surface area contributed by atoms with E-state index >= 15 is 0 Å². The summed E-state index contributed by atoms with van der Waals surface area (Å²) in [5, 5.41) is 0. The van der Waals surface area contributed by atoms with Crippen molar-refractivity contribution in [3.05, 3.63) is 35.4 Å². The molecular formula is C16H23N3O2. The van der Waals surface area contributed by atoms with Crippen LogP contribution >= 0.6 is 0 Å². The van der Waals surface area contributed by atoms with Crippen LogP contribution in [0.1, 0.15) is 35.7 Å². The molecule has 1 fully saturated rings. The number of carbonyl (C=O) groups is 1. The third-order valence-corrected chi connectivity index (χ3v) is 3.88. The lowest BCUT2D eigenvalue weighted by molar-refractivity contribution is 0.0600. The Kier molecular flexibility index (Phi) is 5.20. The predicted octanol–water partition coefficient (Wildman–Crippen LogP) is 2.02. The topological polar surface area (TPSA) is 67.9 Å². The number of hydrogen-bond donors (Lipinski definition) is 1. The molecule has 0 radical (unpaired) electrons. The number of methoxy groups -OCH3 is 1. The first-order valence-corrected chi connectivity index (χ1v) is 7.32. The molecule has 0 aliphatic carbocycles. The van der Waals surface area contributed by atoms with Crippen LogP contribution in [0.4, 0.5) is 0 Å². The molecule has 114 valence electrons. The van der Waals surface area contributed by atoms with Crippen LogP contribution in [-0.4, -0.2) is 37.0 Å². The highest BCUT2D eigenvalue weighted by Gasteiger charge is 2.16. The number of aliphatic imine (C=N–C) groups is 1. The lowest BCUT2D eigenvalue weighted by atomic mass is 10.00. The maximum Gasteiger partial charge on any atom is 0.337 e. The minimum Gasteiger partial charge on any atom is -0.465 e. The summed E-state index contributed by atoms with van der Waals surface area (Å²) in [5.74, 6) is 1.02. The molecule has 0 unspecified atom stereocenters. The summed E-state index contributed by atoms with van der Waals surface area (Å²) in [7, 11) is 1.38. The first-order valence-electron chi connectivity index (χ1n) is 7.32. The number of benzene rings is 1. The molecule has 2 rings (SSSR count). The molecule has 1 aliphatic heterocycles. The van der Waals surface area contributed by atoms with Gasteiger partial charge < -0.3 is 15.4 Å². The van der Waals surface area contributed by atoms with Crippen molar-refractivity contribution in [2.45, 2.75) is 26.3 Å². The molecule has 5 heteroatoms. The number of rotatable bonds is 3. The number of guanidine groups is 1. The number of esters is 1. The molecule has 1 heterocycles. The van der Waals surface area contributed by atoms with E-state index in [0.29, 0.717) is 18.1 Å². The number of ether oxygens (including phenoxy) is 1. The second-order valence-electron chi connectivity index (χ2n) is 5.54. The zero-order valence-corrected chi connectivity index (χ0v) is 12.7. The Labute approximate surface area is 125 Å². The van der Waals surface area contributed by atoms with E-state index in [1.54, 1.807) is 12.1 Å². The summed E-state index contributed by atoms with van der Waals surface area (Å²) in [6, 6.07) is 7.28. The van der Waals surface area contributed by atoms with Gasteiger partial charge in [0, 0.05) is 13.1 Å². The van der Waals surface area contributed by atoms with Gasteiger partial charge in [0.25, 0.3) is 0 Å². The van der Waals surface area contributed by atoms with Crippen LogP contribution in [0.3, 0.4) is 0 Å². The van der Waals surface area contributed by atoms with E-state index in [-0.39, 0.29) is 5.97 Å². The molecule has 0 aromatic heterocycles. The maximum absolute atomic E-state index is 11.5. The van der Waals surface area contributed by atoms with E-state index in [4.69, 9.17) is 10.5 Å². The molecule has 0 amide bonds. The Balaban J connectivity index is 1.98. The lowest BCUT2D eigenvalue weighted by Gasteiger charge is -2.31. The van der Waals surface area contributed by atoms with Crippen molar-refractivity contribution in [3.63, 3.8) is 0 Å². The van der Waals surface area contributed by atoms with Gasteiger partial charge in [0.2, 0.25) is 0 Å². The van der Waals surface area contributed by atoms with E-state index < -0.39 is 0 Å². The molecular weight excluding hydrogens is 266 g/mol. The summed E-state index contributed by atoms with van der Waals surface area (Å²) in [6.45, 7) is 4.68. The summed E-state index contributed by atoms with van der Waals surface area (Å²) >= 11 is 0. The van der Waals surface area contributed by atoms with Gasteiger partial charge in [-0.2, -0.15) is 0 Å². The van der Waals surface area contributed by atoms with Crippen LogP contribution in [0.5, 0.6) is 0 Å². The van der Waals surface area contributed by atoms with Crippen molar-refractivity contribution in [1.29, 1.82) is 0 Å². The molecule has 5 nitrogen and oxygen atoms in total. The zero-order chi connectivity index (χ0) is 15.2. The molecule has 0 atom stereocenters. The van der Waals surface area contributed by atoms with Crippen LogP contribution in [-0.2, 0) is 11.3 Å². The van der Waals surface area contributed by atoms with Gasteiger partial charge in [-0.1, -0.05) is 19.1 Å². The van der Waals surface area contributed by atoms with Gasteiger partial charge in [0.15, 0.2) is 5.96 Å². The normalized spacial score (nSPS) is 16.9. The third kappa shape index (κ3) is 4.21. The van der Waals surface area contributed by atoms with Crippen LogP contribution in [0.15, 0.2) is 29.3 Å². The fourth-order valence-electron chi connectivity index (χ4n) is 2.42. The maximum atomic E-state index is 11.5. The van der Waals surface area contributed by atoms with Crippen molar-refractivity contribution in [2.75, 3.05) is 20.2 Å². The largest absolute Gasteiger partial charge is 0.465 e. The van der Waals surface area contributed by atoms with E-state index in [1.807, 2.05) is 12.1 Å². The molecule has 0 saturated carbocycles. The monoisotopic (exact) mass is 289 g/mol. The van der Waals surface area contributed by atoms with Crippen molar-refractivity contribution in [2.24, 2.45) is 16.6 Å². The SMILES string of the molecule is COC(=O)c1cccc(CN=C(N)N2CCC(C)CC2)c1. The quantitative estimate of drug-likeness (QED) is 0.525. The number of likely N-dealkylation sites (tertiary alicyclic amines) is 1. The first kappa shape index (κ1) is 15.4. The average Bonchev–Trinajstić information content (AvgIpc) is 2.52. The van der Waals surface area contributed by atoms with Crippen LogP contribution in [0, 0.1) is 5.92 Å². The average molecular weight is 289 g/mol. The second kappa shape index (κ2) is 7.11. The summed E-state index contributed by atoms with van der Waals surface area (Å²) < 4.78 is 4.71. The van der Waals surface area contributed by atoms with E-state index in [0.717, 1.165) is 37.4 Å². The number of piperidine rings is 1. The van der Waals surface area contributed by atoms with Gasteiger partial charge in [-0.15, -0.1) is 0 Å². The van der Waals surface area contributed by atoms with E-state index in [9.17, 15) is 4.79 Å². The highest BCUT2D eigenvalue weighted by molar-refractivity contribution is 5.89. The van der Waals surface area contributed by atoms with Gasteiger partial charge in [-0.3, -0.25) is 0 Å². The van der Waals surface area contributed by atoms with E-state index in [2.05, 4.69) is 16.8 Å². The Hall–Kier alpha value is -2.04. The first-order chi connectivity index (χ1) is 10.1. The Morgan fingerprint density at radius 1 is 1.43 bits per heavy atom. The van der Waals surface area contributed by atoms with Crippen LogP contribution in [0.25, 0.3) is 0 Å². The van der Waals surface area contributed by atoms with Crippen molar-refractivity contribution in [1.82, 2.24) is 4.90 Å². The van der Waals surface area contributed by atoms with Gasteiger partial charge >= 0.3 is 5.97 Å². The van der Waals surface area contributed by atoms with Gasteiger partial charge in [-0.05, 0) is 36.5 Å². The van der Waals surface area contributed by atoms with Gasteiger partial charge in [0.05, 0.1) is 19.2 Å². The molecule has 21 heavy (non-hydrogen) atoms. The fourth-order valence-corrected chi connectivity index (χ4v) is 2.42. The standard InChI is InChI=1S/C16H23N3O2/c1-12-6-8-19(9-7-12)16(17)18-11-13-4-3-5-14(10-13)15(20)21-2/h3-5,10,12H,6-9,11H2,1-2H3,(H2,17,18). The zero-order valence-electron chi connectivity index (χ0n) is 12.7. The molecule has 0 bridgehead atoms. The van der Waals surface area contributed by atoms with Crippen molar-refractivity contribution >= 4 is 11.9 Å². The molecule has 1 aliphatic rings. The molecule has 1 aromatic rings. The molecule has 0 spiro atoms. The Morgan fingerprint density at radius 2 is 2.14 bits per heavy atom. The molecule has 2 N–H and O–H groups in total. The number of carbonyl (C=O) groups excluding carboxylic acids is 1. The van der Waals surface area contributed by atoms with Gasteiger partial charge in [-0.25, -0.2) is 9.79 Å². The number of hydrogen-bond acceptors (Lipinski definition) is 3. The van der Waals surface area contributed by atoms with Crippen molar-refractivity contribution in [3.8, 4) is 0 Å². The second-order valence-corrected chi connectivity index (χ2v) is 5.54. The summed E-state index contributed by atoms with van der Waals surface area (Å²) in [6.07, 6.45) is 2.32. The smallest absolute Gasteiger partial charge is 0.337 e. The Morgan fingerprint density at radius 3 is 2.81 bits per heavy atom. The highest BCUT2D eigenvalue weighted by Crippen LogP contribution is 2.15. The van der Waals surface area contributed by atoms with Crippen molar-refractivity contribution < 1.29 is 9.53 Å². The van der Waals surface area contributed by atoms with Crippen LogP contribution < -0.4 is 5.73 Å². The third-order valence-electron chi connectivity index (χ3n) is 3.88. The predicted molar refractivity (Wildman–Crippen MR) is 83.1 cm³/mol. The van der Waals surface area contributed by atoms with E-state index in [1.165, 1.54) is 7.11 Å². The highest BCUT2D eigenvalue weighted by atomic mass is 16.5. The fraction of sp³-hybridized carbons (Fsp3) is 0.500. The summed E-state index contributed by atoms with van der Waals surface area (Å²) in [5.41, 5.74) is 7.54. The summed E-state index contributed by atoms with van der Waals surface area (Å²) in [4.78, 5) is 18.1. The van der Waals surface area contributed by atoms with Gasteiger partial charge in [0.1, 0.15) is 0 Å². The molecule has 1 aromatic carbocycles. The minimum absolute atomic E-state index is 0.334. The number of nitrogens with zero attached hydrogens (tertiary/aromatic N) is 2. The molecule has 1 saturated heterocycles. The minimum atomic E-state index is -0.334. The number of nitrogens with two attached hydrogens (primary N) is 1. The Bertz CT molecular complexity index is 520.